The zero-order valence-electron chi connectivity index (χ0n) is 53.3. The minimum atomic E-state index is -0.468. The van der Waals surface area contributed by atoms with Crippen LogP contribution in [0.15, 0.2) is 243 Å². The number of hydrogen-bond donors (Lipinski definition) is 0. The predicted molar refractivity (Wildman–Crippen MR) is 373 cm³/mol. The summed E-state index contributed by atoms with van der Waals surface area (Å²) >= 11 is 0. The van der Waals surface area contributed by atoms with E-state index >= 15 is 0 Å². The molecule has 15 rings (SSSR count). The van der Waals surface area contributed by atoms with E-state index in [4.69, 9.17) is 18.9 Å². The SMILES string of the molecule is C.Cc1ccc(Oc2ccc(C(C)(C)c3ccc(Oc4ccc(N5C(=O)c6ccc(-c7ccc8c(c7)C(=O)N(C)C8=O)cc6C5=O)cc4)cc3)cc2)cc1.Cc1cccc(Oc2cccc(Oc3cccc(N4C(=O)c5ccc(-c6ccc7c(c6)C(=O)N(C)C7=O)cc5C4=O)c3)c2)c1. The van der Waals surface area contributed by atoms with Crippen LogP contribution in [0.25, 0.3) is 22.3 Å². The number of fused-ring (bicyclic) bond motifs is 4. The Hall–Kier alpha value is -12.8. The molecule has 0 spiro atoms. The second kappa shape index (κ2) is 25.5. The molecule has 16 heteroatoms. The molecule has 11 aromatic carbocycles. The zero-order valence-corrected chi connectivity index (χ0v) is 53.3. The Morgan fingerprint density at radius 2 is 0.571 bits per heavy atom. The quantitative estimate of drug-likeness (QED) is 0.0939. The molecule has 0 aromatic heterocycles. The first-order chi connectivity index (χ1) is 46.7. The van der Waals surface area contributed by atoms with Gasteiger partial charge < -0.3 is 18.9 Å². The van der Waals surface area contributed by atoms with Crippen LogP contribution in [-0.4, -0.2) is 71.2 Å². The summed E-state index contributed by atoms with van der Waals surface area (Å²) in [5, 5.41) is 0. The normalized spacial score (nSPS) is 13.6. The highest BCUT2D eigenvalue weighted by Gasteiger charge is 2.40. The molecule has 0 aliphatic carbocycles. The lowest BCUT2D eigenvalue weighted by atomic mass is 9.78. The van der Waals surface area contributed by atoms with Gasteiger partial charge >= 0.3 is 0 Å². The van der Waals surface area contributed by atoms with Gasteiger partial charge in [-0.1, -0.05) is 112 Å². The highest BCUT2D eigenvalue weighted by Crippen LogP contribution is 2.40. The van der Waals surface area contributed by atoms with Crippen LogP contribution in [0.1, 0.15) is 126 Å². The number of carbonyl (C=O) groups is 8. The van der Waals surface area contributed by atoms with Crippen LogP contribution in [0.4, 0.5) is 11.4 Å². The zero-order chi connectivity index (χ0) is 67.6. The molecule has 98 heavy (non-hydrogen) atoms. The summed E-state index contributed by atoms with van der Waals surface area (Å²) in [4.78, 5) is 108. The van der Waals surface area contributed by atoms with Crippen molar-refractivity contribution in [2.45, 2.75) is 40.5 Å². The van der Waals surface area contributed by atoms with Crippen molar-refractivity contribution in [1.29, 1.82) is 0 Å². The van der Waals surface area contributed by atoms with Crippen molar-refractivity contribution in [3.63, 3.8) is 0 Å². The Labute approximate surface area is 565 Å². The van der Waals surface area contributed by atoms with E-state index in [9.17, 15) is 38.4 Å². The van der Waals surface area contributed by atoms with E-state index in [1.807, 2.05) is 111 Å². The Morgan fingerprint density at radius 1 is 0.265 bits per heavy atom. The molecule has 0 fully saturated rings. The lowest BCUT2D eigenvalue weighted by Gasteiger charge is -2.26. The van der Waals surface area contributed by atoms with Gasteiger partial charge in [0.1, 0.15) is 46.0 Å². The van der Waals surface area contributed by atoms with E-state index in [-0.39, 0.29) is 53.2 Å². The number of carbonyl (C=O) groups excluding carboxylic acids is 8. The average molecular weight is 1300 g/mol. The maximum Gasteiger partial charge on any atom is 0.266 e. The summed E-state index contributed by atoms with van der Waals surface area (Å²) < 4.78 is 24.2. The smallest absolute Gasteiger partial charge is 0.266 e. The molecule has 482 valence electrons. The second-order valence-electron chi connectivity index (χ2n) is 24.4. The van der Waals surface area contributed by atoms with Crippen LogP contribution < -0.4 is 28.7 Å². The molecule has 16 nitrogen and oxygen atoms in total. The van der Waals surface area contributed by atoms with E-state index < -0.39 is 23.6 Å². The molecule has 0 saturated carbocycles. The number of ether oxygens (including phenoxy) is 4. The van der Waals surface area contributed by atoms with Crippen molar-refractivity contribution < 1.29 is 57.3 Å². The number of rotatable bonds is 14. The van der Waals surface area contributed by atoms with Crippen LogP contribution in [-0.2, 0) is 5.41 Å². The van der Waals surface area contributed by atoms with Crippen LogP contribution in [0.5, 0.6) is 46.0 Å². The molecular formula is C82H62N4O12. The minimum absolute atomic E-state index is 0. The first kappa shape index (κ1) is 63.9. The molecular weight excluding hydrogens is 1230 g/mol. The lowest BCUT2D eigenvalue weighted by molar-refractivity contribution is 0.0678. The Balaban J connectivity index is 0.000000178. The summed E-state index contributed by atoms with van der Waals surface area (Å²) in [6, 6.07) is 72.5. The summed E-state index contributed by atoms with van der Waals surface area (Å²) in [5.74, 6) is 1.83. The molecule has 0 radical (unpaired) electrons. The third-order valence-corrected chi connectivity index (χ3v) is 17.7. The maximum atomic E-state index is 13.6. The third kappa shape index (κ3) is 11.9. The fourth-order valence-corrected chi connectivity index (χ4v) is 12.2. The topological polar surface area (TPSA) is 186 Å². The molecule has 0 bridgehead atoms. The number of aryl methyl sites for hydroxylation is 2. The van der Waals surface area contributed by atoms with E-state index in [1.54, 1.807) is 133 Å². The first-order valence-corrected chi connectivity index (χ1v) is 31.1. The lowest BCUT2D eigenvalue weighted by Crippen LogP contribution is -2.29. The van der Waals surface area contributed by atoms with Crippen molar-refractivity contribution in [2.24, 2.45) is 0 Å². The highest BCUT2D eigenvalue weighted by molar-refractivity contribution is 6.36. The van der Waals surface area contributed by atoms with Crippen LogP contribution >= 0.6 is 0 Å². The van der Waals surface area contributed by atoms with Gasteiger partial charge in [-0.05, 0) is 198 Å². The average Bonchev–Trinajstić information content (AvgIpc) is 1.59. The number of benzene rings is 11. The Morgan fingerprint density at radius 3 is 0.990 bits per heavy atom. The fourth-order valence-electron chi connectivity index (χ4n) is 12.2. The van der Waals surface area contributed by atoms with E-state index in [0.29, 0.717) is 95.9 Å². The Bertz CT molecular complexity index is 5140. The predicted octanol–water partition coefficient (Wildman–Crippen LogP) is 17.5. The first-order valence-electron chi connectivity index (χ1n) is 31.1. The van der Waals surface area contributed by atoms with Crippen LogP contribution in [0, 0.1) is 13.8 Å². The summed E-state index contributed by atoms with van der Waals surface area (Å²) in [6.07, 6.45) is 0. The maximum absolute atomic E-state index is 13.6. The van der Waals surface area contributed by atoms with Crippen LogP contribution in [0.2, 0.25) is 0 Å². The third-order valence-electron chi connectivity index (χ3n) is 17.7. The van der Waals surface area contributed by atoms with E-state index in [0.717, 1.165) is 47.8 Å². The molecule has 11 aromatic rings. The monoisotopic (exact) mass is 1290 g/mol. The van der Waals surface area contributed by atoms with Gasteiger partial charge in [-0.3, -0.25) is 48.2 Å². The molecule has 4 aliphatic rings. The number of nitrogens with zero attached hydrogens (tertiary/aromatic N) is 4. The van der Waals surface area contributed by atoms with Crippen molar-refractivity contribution in [2.75, 3.05) is 23.9 Å². The molecule has 4 heterocycles. The van der Waals surface area contributed by atoms with Crippen molar-refractivity contribution >= 4 is 58.6 Å². The van der Waals surface area contributed by atoms with Crippen molar-refractivity contribution in [3.05, 3.63) is 309 Å². The van der Waals surface area contributed by atoms with Gasteiger partial charge in [0.15, 0.2) is 0 Å². The van der Waals surface area contributed by atoms with Gasteiger partial charge in [-0.15, -0.1) is 0 Å². The molecule has 0 saturated heterocycles. The van der Waals surface area contributed by atoms with Gasteiger partial charge in [-0.25, -0.2) is 9.80 Å². The van der Waals surface area contributed by atoms with E-state index in [1.165, 1.54) is 19.7 Å². The van der Waals surface area contributed by atoms with E-state index in [2.05, 4.69) is 26.0 Å². The van der Waals surface area contributed by atoms with Crippen LogP contribution in [0.3, 0.4) is 0 Å². The molecule has 4 aliphatic heterocycles. The summed E-state index contributed by atoms with van der Waals surface area (Å²) in [6.45, 7) is 8.39. The molecule has 0 N–H and O–H groups in total. The standard InChI is InChI=1S/C45H34N2O6.C36H24N2O6.CH4/c1-27-5-15-33(16-6-27)52-34-17-9-30(10-18-34)45(2,3)31-11-19-35(20-12-31)53-36-21-13-32(14-22-36)47-43(50)38-24-8-29(26-40(38)44(47)51)28-7-23-37-39(25-28)42(49)46(4)41(37)48;1-21-6-3-8-25(16-21)43-27-10-5-11-28(20-27)44-26-9-4-7-24(19-26)38-35(41)30-15-13-23(18-32(30)36(38)42)22-12-14-29-31(17-22)34(40)37(2)33(29)39;/h5-26H,1-4H3;3-20H,1-2H3;1H4. The van der Waals surface area contributed by atoms with Gasteiger partial charge in [0.05, 0.1) is 55.9 Å². The number of anilines is 2. The van der Waals surface area contributed by atoms with Gasteiger partial charge in [0.2, 0.25) is 0 Å². The Kier molecular flexibility index (Phi) is 16.6. The number of imide groups is 4. The number of amides is 8. The summed E-state index contributed by atoms with van der Waals surface area (Å²) in [5.41, 5.74) is 10.1. The molecule has 0 atom stereocenters. The van der Waals surface area contributed by atoms with Gasteiger partial charge in [-0.2, -0.15) is 0 Å². The largest absolute Gasteiger partial charge is 0.457 e. The van der Waals surface area contributed by atoms with Gasteiger partial charge in [0, 0.05) is 31.6 Å². The van der Waals surface area contributed by atoms with Crippen molar-refractivity contribution in [3.8, 4) is 68.2 Å². The van der Waals surface area contributed by atoms with Gasteiger partial charge in [0.25, 0.3) is 47.3 Å². The summed E-state index contributed by atoms with van der Waals surface area (Å²) in [7, 11) is 2.89. The minimum Gasteiger partial charge on any atom is -0.457 e. The van der Waals surface area contributed by atoms with Crippen molar-refractivity contribution in [1.82, 2.24) is 9.80 Å². The fraction of sp³-hybridized carbons (Fsp3) is 0.0976. The highest BCUT2D eigenvalue weighted by atomic mass is 16.5. The number of hydrogen-bond acceptors (Lipinski definition) is 12. The molecule has 8 amide bonds. The second-order valence-corrected chi connectivity index (χ2v) is 24.4. The molecule has 0 unspecified atom stereocenters.